The zero-order valence-electron chi connectivity index (χ0n) is 9.40. The molecule has 2 N–H and O–H groups in total. The summed E-state index contributed by atoms with van der Waals surface area (Å²) in [6.45, 7) is 2.14. The third kappa shape index (κ3) is 10.1. The summed E-state index contributed by atoms with van der Waals surface area (Å²) >= 11 is 0. The van der Waals surface area contributed by atoms with Crippen molar-refractivity contribution in [1.29, 1.82) is 0 Å². The largest absolute Gasteiger partial charge is 0.398 e. The Morgan fingerprint density at radius 1 is 1.27 bits per heavy atom. The number of rotatable bonds is 9. The molecule has 92 valence electrons. The van der Waals surface area contributed by atoms with Crippen molar-refractivity contribution in [3.05, 3.63) is 0 Å². The van der Waals surface area contributed by atoms with Gasteiger partial charge < -0.3 is 0 Å². The molecule has 0 aromatic heterocycles. The average molecular weight is 239 g/mol. The number of nitrogens with one attached hydrogen (secondary N) is 1. The molecule has 0 aromatic rings. The van der Waals surface area contributed by atoms with Gasteiger partial charge in [0.25, 0.3) is 0 Å². The van der Waals surface area contributed by atoms with Crippen molar-refractivity contribution in [3.8, 4) is 0 Å². The first-order chi connectivity index (χ1) is 6.99. The molecule has 0 saturated heterocycles. The Labute approximate surface area is 92.2 Å². The second-order valence-corrected chi connectivity index (χ2v) is 4.55. The van der Waals surface area contributed by atoms with Crippen LogP contribution in [-0.2, 0) is 14.6 Å². The standard InChI is InChI=1S/C9H21NO4S/c1-3-4-5-6-7-8-9(10-2)14-15(11,12)13/h9-10H,3-8H2,1-2H3,(H,11,12,13). The van der Waals surface area contributed by atoms with Gasteiger partial charge in [-0.1, -0.05) is 32.6 Å². The van der Waals surface area contributed by atoms with Crippen molar-refractivity contribution in [2.75, 3.05) is 7.05 Å². The lowest BCUT2D eigenvalue weighted by atomic mass is 10.1. The minimum Gasteiger partial charge on any atom is -0.294 e. The highest BCUT2D eigenvalue weighted by Gasteiger charge is 2.14. The van der Waals surface area contributed by atoms with Crippen LogP contribution in [0.1, 0.15) is 45.4 Å². The molecule has 0 aliphatic heterocycles. The van der Waals surface area contributed by atoms with Crippen LogP contribution in [0.15, 0.2) is 0 Å². The van der Waals surface area contributed by atoms with Crippen LogP contribution in [0.2, 0.25) is 0 Å². The summed E-state index contributed by atoms with van der Waals surface area (Å²) in [6.07, 6.45) is 5.43. The fraction of sp³-hybridized carbons (Fsp3) is 1.00. The predicted octanol–water partition coefficient (Wildman–Crippen LogP) is 1.71. The molecule has 0 rings (SSSR count). The Morgan fingerprint density at radius 3 is 2.33 bits per heavy atom. The molecule has 0 fully saturated rings. The van der Waals surface area contributed by atoms with E-state index in [4.69, 9.17) is 4.55 Å². The van der Waals surface area contributed by atoms with E-state index in [1.165, 1.54) is 12.8 Å². The van der Waals surface area contributed by atoms with Crippen LogP contribution < -0.4 is 5.32 Å². The molecule has 1 atom stereocenters. The normalized spacial score (nSPS) is 14.1. The number of unbranched alkanes of at least 4 members (excludes halogenated alkanes) is 4. The third-order valence-electron chi connectivity index (χ3n) is 2.13. The minimum atomic E-state index is -4.35. The monoisotopic (exact) mass is 239 g/mol. The zero-order valence-corrected chi connectivity index (χ0v) is 10.2. The van der Waals surface area contributed by atoms with E-state index in [1.54, 1.807) is 7.05 Å². The Hall–Kier alpha value is -0.170. The lowest BCUT2D eigenvalue weighted by molar-refractivity contribution is 0.146. The van der Waals surface area contributed by atoms with Gasteiger partial charge in [-0.3, -0.25) is 9.87 Å². The molecule has 0 aliphatic rings. The van der Waals surface area contributed by atoms with E-state index in [0.717, 1.165) is 19.3 Å². The summed E-state index contributed by atoms with van der Waals surface area (Å²) in [5.74, 6) is 0. The highest BCUT2D eigenvalue weighted by Crippen LogP contribution is 2.09. The Bertz CT molecular complexity index is 240. The van der Waals surface area contributed by atoms with Crippen LogP contribution in [0, 0.1) is 0 Å². The van der Waals surface area contributed by atoms with Crippen molar-refractivity contribution in [3.63, 3.8) is 0 Å². The second kappa shape index (κ2) is 8.04. The van der Waals surface area contributed by atoms with Crippen molar-refractivity contribution >= 4 is 10.4 Å². The van der Waals surface area contributed by atoms with Crippen molar-refractivity contribution in [1.82, 2.24) is 5.32 Å². The van der Waals surface area contributed by atoms with E-state index in [0.29, 0.717) is 6.42 Å². The molecule has 0 radical (unpaired) electrons. The first-order valence-corrected chi connectivity index (χ1v) is 6.69. The summed E-state index contributed by atoms with van der Waals surface area (Å²) in [5.41, 5.74) is 0. The highest BCUT2D eigenvalue weighted by molar-refractivity contribution is 7.80. The second-order valence-electron chi connectivity index (χ2n) is 3.50. The molecular weight excluding hydrogens is 218 g/mol. The summed E-state index contributed by atoms with van der Waals surface area (Å²) in [6, 6.07) is 0. The van der Waals surface area contributed by atoms with Crippen LogP contribution >= 0.6 is 0 Å². The van der Waals surface area contributed by atoms with Crippen molar-refractivity contribution in [2.45, 2.75) is 51.7 Å². The van der Waals surface area contributed by atoms with E-state index < -0.39 is 16.6 Å². The fourth-order valence-electron chi connectivity index (χ4n) is 1.32. The molecule has 0 saturated carbocycles. The van der Waals surface area contributed by atoms with Crippen LogP contribution in [-0.4, -0.2) is 26.2 Å². The van der Waals surface area contributed by atoms with Crippen LogP contribution in [0.4, 0.5) is 0 Å². The van der Waals surface area contributed by atoms with Crippen LogP contribution in [0.5, 0.6) is 0 Å². The van der Waals surface area contributed by atoms with Gasteiger partial charge in [0.05, 0.1) is 0 Å². The van der Waals surface area contributed by atoms with Gasteiger partial charge in [0.1, 0.15) is 6.23 Å². The summed E-state index contributed by atoms with van der Waals surface area (Å²) < 4.78 is 33.7. The van der Waals surface area contributed by atoms with Gasteiger partial charge in [0, 0.05) is 0 Å². The maximum atomic E-state index is 10.4. The number of hydrogen-bond donors (Lipinski definition) is 2. The molecule has 0 amide bonds. The van der Waals surface area contributed by atoms with Gasteiger partial charge in [-0.25, -0.2) is 4.18 Å². The maximum Gasteiger partial charge on any atom is 0.398 e. The first-order valence-electron chi connectivity index (χ1n) is 5.32. The zero-order chi connectivity index (χ0) is 11.7. The fourth-order valence-corrected chi connectivity index (χ4v) is 1.81. The van der Waals surface area contributed by atoms with Gasteiger partial charge in [-0.05, 0) is 19.9 Å². The van der Waals surface area contributed by atoms with E-state index in [1.807, 2.05) is 0 Å². The smallest absolute Gasteiger partial charge is 0.294 e. The van der Waals surface area contributed by atoms with Gasteiger partial charge >= 0.3 is 10.4 Å². The van der Waals surface area contributed by atoms with Gasteiger partial charge in [-0.2, -0.15) is 8.42 Å². The molecule has 0 bridgehead atoms. The van der Waals surface area contributed by atoms with Crippen molar-refractivity contribution in [2.24, 2.45) is 0 Å². The van der Waals surface area contributed by atoms with E-state index in [9.17, 15) is 8.42 Å². The van der Waals surface area contributed by atoms with Gasteiger partial charge in [-0.15, -0.1) is 0 Å². The lowest BCUT2D eigenvalue weighted by Crippen LogP contribution is -2.30. The molecule has 0 aliphatic carbocycles. The summed E-state index contributed by atoms with van der Waals surface area (Å²) in [7, 11) is -2.75. The van der Waals surface area contributed by atoms with Crippen molar-refractivity contribution < 1.29 is 17.2 Å². The Kier molecular flexibility index (Phi) is 7.95. The van der Waals surface area contributed by atoms with E-state index in [-0.39, 0.29) is 0 Å². The molecule has 0 heterocycles. The molecule has 6 heteroatoms. The molecule has 0 spiro atoms. The highest BCUT2D eigenvalue weighted by atomic mass is 32.3. The Morgan fingerprint density at radius 2 is 1.87 bits per heavy atom. The predicted molar refractivity (Wildman–Crippen MR) is 58.9 cm³/mol. The van der Waals surface area contributed by atoms with Gasteiger partial charge in [0.2, 0.25) is 0 Å². The van der Waals surface area contributed by atoms with E-state index >= 15 is 0 Å². The van der Waals surface area contributed by atoms with Crippen LogP contribution in [0.25, 0.3) is 0 Å². The molecule has 0 aromatic carbocycles. The number of hydrogen-bond acceptors (Lipinski definition) is 4. The first kappa shape index (κ1) is 14.8. The molecule has 1 unspecified atom stereocenters. The quantitative estimate of drug-likeness (QED) is 0.364. The maximum absolute atomic E-state index is 10.4. The third-order valence-corrected chi connectivity index (χ3v) is 2.61. The average Bonchev–Trinajstić information content (AvgIpc) is 2.14. The minimum absolute atomic E-state index is 0.583. The molecule has 5 nitrogen and oxygen atoms in total. The summed E-state index contributed by atoms with van der Waals surface area (Å²) in [5, 5.41) is 2.69. The molecule has 15 heavy (non-hydrogen) atoms. The van der Waals surface area contributed by atoms with E-state index in [2.05, 4.69) is 16.4 Å². The Balaban J connectivity index is 3.62. The molecular formula is C9H21NO4S. The van der Waals surface area contributed by atoms with Gasteiger partial charge in [0.15, 0.2) is 0 Å². The summed E-state index contributed by atoms with van der Waals surface area (Å²) in [4.78, 5) is 0. The topological polar surface area (TPSA) is 75.6 Å². The van der Waals surface area contributed by atoms with Crippen LogP contribution in [0.3, 0.4) is 0 Å². The lowest BCUT2D eigenvalue weighted by Gasteiger charge is -2.13. The SMILES string of the molecule is CCCCCCCC(NC)OS(=O)(=O)O.